The number of nitrogens with zero attached hydrogens (tertiary/aromatic N) is 2. The summed E-state index contributed by atoms with van der Waals surface area (Å²) in [5, 5.41) is 16.6. The van der Waals surface area contributed by atoms with Gasteiger partial charge in [0.2, 0.25) is 5.89 Å². The zero-order valence-corrected chi connectivity index (χ0v) is 19.6. The van der Waals surface area contributed by atoms with E-state index in [9.17, 15) is 4.79 Å². The minimum absolute atomic E-state index is 0.291. The number of carbonyl (C=O) groups is 1. The zero-order chi connectivity index (χ0) is 21.8. The van der Waals surface area contributed by atoms with Crippen LogP contribution in [0, 0.1) is 46.3 Å². The van der Waals surface area contributed by atoms with Crippen LogP contribution in [0.4, 0.5) is 0 Å². The van der Waals surface area contributed by atoms with Gasteiger partial charge in [0.15, 0.2) is 0 Å². The lowest BCUT2D eigenvalue weighted by Crippen LogP contribution is -2.53. The molecule has 0 amide bonds. The molecule has 1 N–H and O–H groups in total. The van der Waals surface area contributed by atoms with Gasteiger partial charge in [-0.15, -0.1) is 10.2 Å². The van der Waals surface area contributed by atoms with Crippen molar-refractivity contribution in [3.05, 3.63) is 11.8 Å². The van der Waals surface area contributed by atoms with Gasteiger partial charge in [0, 0.05) is 6.42 Å². The van der Waals surface area contributed by atoms with Crippen molar-refractivity contribution < 1.29 is 14.3 Å². The number of hydrogen-bond donors (Lipinski definition) is 1. The molecule has 0 aromatic carbocycles. The maximum atomic E-state index is 11.0. The fourth-order valence-corrected chi connectivity index (χ4v) is 9.26. The molecule has 0 bridgehead atoms. The number of aromatic nitrogens is 2. The highest BCUT2D eigenvalue weighted by molar-refractivity contribution is 5.81. The highest BCUT2D eigenvalue weighted by Crippen LogP contribution is 2.68. The largest absolute Gasteiger partial charge is 0.474 e. The van der Waals surface area contributed by atoms with E-state index >= 15 is 0 Å². The molecular formula is C26H40N2O3. The molecule has 1 aromatic heterocycles. The molecule has 172 valence electrons. The van der Waals surface area contributed by atoms with Crippen molar-refractivity contribution >= 4 is 5.97 Å². The Morgan fingerprint density at radius 2 is 1.84 bits per heavy atom. The third-order valence-electron chi connectivity index (χ3n) is 10.8. The topological polar surface area (TPSA) is 76.2 Å². The molecule has 4 unspecified atom stereocenters. The van der Waals surface area contributed by atoms with E-state index in [4.69, 9.17) is 9.52 Å². The fraction of sp³-hybridized carbons (Fsp3) is 0.885. The normalized spacial score (nSPS) is 43.0. The van der Waals surface area contributed by atoms with Gasteiger partial charge < -0.3 is 9.52 Å². The molecular weight excluding hydrogens is 388 g/mol. The summed E-state index contributed by atoms with van der Waals surface area (Å²) in [6.45, 7) is 7.69. The maximum Gasteiger partial charge on any atom is 0.393 e. The van der Waals surface area contributed by atoms with Gasteiger partial charge in [-0.3, -0.25) is 0 Å². The molecule has 1 heterocycles. The number of carboxylic acid groups (broad SMARTS) is 1. The van der Waals surface area contributed by atoms with E-state index in [1.807, 2.05) is 0 Å². The highest BCUT2D eigenvalue weighted by atomic mass is 16.4. The smallest absolute Gasteiger partial charge is 0.393 e. The summed E-state index contributed by atoms with van der Waals surface area (Å²) in [4.78, 5) is 11.0. The van der Waals surface area contributed by atoms with E-state index in [1.54, 1.807) is 0 Å². The summed E-state index contributed by atoms with van der Waals surface area (Å²) in [5.74, 6) is 4.21. The second-order valence-electron chi connectivity index (χ2n) is 12.0. The quantitative estimate of drug-likeness (QED) is 0.588. The van der Waals surface area contributed by atoms with Crippen molar-refractivity contribution in [3.63, 3.8) is 0 Å². The van der Waals surface area contributed by atoms with Gasteiger partial charge in [-0.25, -0.2) is 4.79 Å². The molecule has 0 aliphatic heterocycles. The van der Waals surface area contributed by atoms with Crippen LogP contribution in [0.1, 0.15) is 108 Å². The molecule has 0 saturated heterocycles. The van der Waals surface area contributed by atoms with Crippen molar-refractivity contribution in [1.82, 2.24) is 10.2 Å². The first-order valence-electron chi connectivity index (χ1n) is 12.9. The molecule has 4 aliphatic carbocycles. The average Bonchev–Trinajstić information content (AvgIpc) is 3.36. The molecule has 5 heteroatoms. The second-order valence-corrected chi connectivity index (χ2v) is 12.0. The number of aromatic carboxylic acids is 1. The Kier molecular flexibility index (Phi) is 5.45. The number of aryl methyl sites for hydroxylation is 1. The minimum Gasteiger partial charge on any atom is -0.474 e. The lowest BCUT2D eigenvalue weighted by molar-refractivity contribution is -0.114. The first-order chi connectivity index (χ1) is 14.8. The van der Waals surface area contributed by atoms with Gasteiger partial charge in [0.25, 0.3) is 0 Å². The summed E-state index contributed by atoms with van der Waals surface area (Å²) in [5.41, 5.74) is 1.09. The zero-order valence-electron chi connectivity index (χ0n) is 19.6. The number of rotatable bonds is 5. The predicted molar refractivity (Wildman–Crippen MR) is 119 cm³/mol. The Labute approximate surface area is 186 Å². The van der Waals surface area contributed by atoms with Gasteiger partial charge >= 0.3 is 11.9 Å². The van der Waals surface area contributed by atoms with E-state index < -0.39 is 5.97 Å². The second kappa shape index (κ2) is 7.88. The van der Waals surface area contributed by atoms with Crippen LogP contribution in [-0.4, -0.2) is 21.3 Å². The third kappa shape index (κ3) is 3.45. The van der Waals surface area contributed by atoms with Crippen LogP contribution in [0.3, 0.4) is 0 Å². The summed E-state index contributed by atoms with van der Waals surface area (Å²) >= 11 is 0. The molecule has 4 saturated carbocycles. The molecule has 8 atom stereocenters. The van der Waals surface area contributed by atoms with Crippen LogP contribution in [0.2, 0.25) is 0 Å². The number of fused-ring (bicyclic) bond motifs is 5. The molecule has 31 heavy (non-hydrogen) atoms. The van der Waals surface area contributed by atoms with Gasteiger partial charge in [0.05, 0.1) is 0 Å². The Morgan fingerprint density at radius 3 is 2.61 bits per heavy atom. The monoisotopic (exact) mass is 428 g/mol. The van der Waals surface area contributed by atoms with Crippen molar-refractivity contribution in [3.8, 4) is 0 Å². The van der Waals surface area contributed by atoms with Crippen molar-refractivity contribution in [1.29, 1.82) is 0 Å². The highest BCUT2D eigenvalue weighted by Gasteiger charge is 2.60. The summed E-state index contributed by atoms with van der Waals surface area (Å²) < 4.78 is 5.30. The molecule has 5 rings (SSSR count). The van der Waals surface area contributed by atoms with Gasteiger partial charge in [-0.2, -0.15) is 0 Å². The van der Waals surface area contributed by atoms with Gasteiger partial charge in [-0.1, -0.05) is 33.6 Å². The third-order valence-corrected chi connectivity index (χ3v) is 10.8. The summed E-state index contributed by atoms with van der Waals surface area (Å²) in [6, 6.07) is 0. The van der Waals surface area contributed by atoms with Crippen LogP contribution < -0.4 is 0 Å². The van der Waals surface area contributed by atoms with Gasteiger partial charge in [-0.05, 0) is 104 Å². The first-order valence-corrected chi connectivity index (χ1v) is 12.9. The van der Waals surface area contributed by atoms with Crippen LogP contribution in [0.25, 0.3) is 0 Å². The minimum atomic E-state index is -1.14. The number of hydrogen-bond acceptors (Lipinski definition) is 4. The van der Waals surface area contributed by atoms with E-state index in [0.29, 0.717) is 29.1 Å². The Balaban J connectivity index is 1.27. The Hall–Kier alpha value is -1.39. The molecule has 4 aliphatic rings. The molecule has 1 aromatic rings. The maximum absolute atomic E-state index is 11.0. The van der Waals surface area contributed by atoms with E-state index in [1.165, 1.54) is 64.2 Å². The van der Waals surface area contributed by atoms with E-state index in [0.717, 1.165) is 36.0 Å². The first kappa shape index (κ1) is 21.5. The predicted octanol–water partition coefficient (Wildman–Crippen LogP) is 6.39. The van der Waals surface area contributed by atoms with Crippen LogP contribution in [0.5, 0.6) is 0 Å². The fourth-order valence-electron chi connectivity index (χ4n) is 9.26. The lowest BCUT2D eigenvalue weighted by atomic mass is 9.44. The molecule has 4 fully saturated rings. The van der Waals surface area contributed by atoms with Crippen LogP contribution >= 0.6 is 0 Å². The Morgan fingerprint density at radius 1 is 1.03 bits per heavy atom. The van der Waals surface area contributed by atoms with Crippen molar-refractivity contribution in [2.75, 3.05) is 0 Å². The standard InChI is InChI=1S/C26H40N2O3/c1-16(7-12-22-27-28-23(31-22)24(29)30)19-10-11-20-18-9-8-17-6-4-5-14-25(17,2)21(18)13-15-26(19,20)3/h16-21H,4-15H2,1-3H3,(H,29,30)/t16-,17+,18?,19?,20?,21?,25+,26-/m1/s1. The molecule has 0 spiro atoms. The summed E-state index contributed by atoms with van der Waals surface area (Å²) in [6.07, 6.45) is 16.1. The summed E-state index contributed by atoms with van der Waals surface area (Å²) in [7, 11) is 0. The Bertz CT molecular complexity index is 821. The lowest BCUT2D eigenvalue weighted by Gasteiger charge is -2.61. The number of carboxylic acids is 1. The SMILES string of the molecule is C[C@H](CCc1nnc(C(=O)O)o1)C1CCC2C3CC[C@@H]4CCCC[C@]4(C)C3CC[C@@]21C. The van der Waals surface area contributed by atoms with E-state index in [-0.39, 0.29) is 5.89 Å². The molecule has 5 nitrogen and oxygen atoms in total. The van der Waals surface area contributed by atoms with Crippen molar-refractivity contribution in [2.45, 2.75) is 97.8 Å². The van der Waals surface area contributed by atoms with Crippen molar-refractivity contribution in [2.24, 2.45) is 46.3 Å². The van der Waals surface area contributed by atoms with E-state index in [2.05, 4.69) is 31.0 Å². The average molecular weight is 429 g/mol. The van der Waals surface area contributed by atoms with Gasteiger partial charge in [0.1, 0.15) is 0 Å². The van der Waals surface area contributed by atoms with Crippen LogP contribution in [-0.2, 0) is 6.42 Å². The van der Waals surface area contributed by atoms with Crippen LogP contribution in [0.15, 0.2) is 4.42 Å². The molecule has 0 radical (unpaired) electrons.